The molecular weight excluding hydrogens is 322 g/mol. The minimum atomic E-state index is 0.775. The SMILES string of the molecule is CNc1nc(-c2ccc(C)s2)nc2ccc(Br)cc12. The largest absolute Gasteiger partial charge is 0.373 e. The summed E-state index contributed by atoms with van der Waals surface area (Å²) in [7, 11) is 1.88. The summed E-state index contributed by atoms with van der Waals surface area (Å²) < 4.78 is 1.03. The van der Waals surface area contributed by atoms with Crippen LogP contribution in [0.2, 0.25) is 0 Å². The Hall–Kier alpha value is -1.46. The highest BCUT2D eigenvalue weighted by atomic mass is 79.9. The van der Waals surface area contributed by atoms with Crippen molar-refractivity contribution in [3.8, 4) is 10.7 Å². The van der Waals surface area contributed by atoms with Gasteiger partial charge in [-0.2, -0.15) is 0 Å². The minimum Gasteiger partial charge on any atom is -0.373 e. The highest BCUT2D eigenvalue weighted by Gasteiger charge is 2.10. The van der Waals surface area contributed by atoms with Gasteiger partial charge in [-0.05, 0) is 37.3 Å². The van der Waals surface area contributed by atoms with Crippen LogP contribution in [0.4, 0.5) is 5.82 Å². The van der Waals surface area contributed by atoms with Crippen molar-refractivity contribution >= 4 is 44.0 Å². The molecular formula is C14H12BrN3S. The Morgan fingerprint density at radius 2 is 2.00 bits per heavy atom. The van der Waals surface area contributed by atoms with Crippen LogP contribution in [-0.2, 0) is 0 Å². The zero-order valence-electron chi connectivity index (χ0n) is 10.6. The van der Waals surface area contributed by atoms with Gasteiger partial charge in [0.25, 0.3) is 0 Å². The molecule has 19 heavy (non-hydrogen) atoms. The summed E-state index contributed by atoms with van der Waals surface area (Å²) in [6.45, 7) is 2.09. The number of anilines is 1. The van der Waals surface area contributed by atoms with E-state index >= 15 is 0 Å². The van der Waals surface area contributed by atoms with Gasteiger partial charge >= 0.3 is 0 Å². The summed E-state index contributed by atoms with van der Waals surface area (Å²) in [4.78, 5) is 11.6. The van der Waals surface area contributed by atoms with E-state index < -0.39 is 0 Å². The molecule has 0 amide bonds. The van der Waals surface area contributed by atoms with Crippen LogP contribution in [0.3, 0.4) is 0 Å². The van der Waals surface area contributed by atoms with Crippen molar-refractivity contribution in [1.29, 1.82) is 0 Å². The van der Waals surface area contributed by atoms with E-state index in [1.807, 2.05) is 25.2 Å². The number of hydrogen-bond donors (Lipinski definition) is 1. The average molecular weight is 334 g/mol. The van der Waals surface area contributed by atoms with Crippen LogP contribution in [0.1, 0.15) is 4.88 Å². The maximum Gasteiger partial charge on any atom is 0.172 e. The highest BCUT2D eigenvalue weighted by Crippen LogP contribution is 2.30. The summed E-state index contributed by atoms with van der Waals surface area (Å²) in [5.41, 5.74) is 0.948. The van der Waals surface area contributed by atoms with E-state index in [1.54, 1.807) is 11.3 Å². The number of nitrogens with zero attached hydrogens (tertiary/aromatic N) is 2. The molecule has 1 N–H and O–H groups in total. The molecule has 0 radical (unpaired) electrons. The van der Waals surface area contributed by atoms with Gasteiger partial charge in [-0.25, -0.2) is 9.97 Å². The predicted octanol–water partition coefficient (Wildman–Crippen LogP) is 4.47. The monoisotopic (exact) mass is 333 g/mol. The van der Waals surface area contributed by atoms with Gasteiger partial charge in [-0.15, -0.1) is 11.3 Å². The molecule has 0 fully saturated rings. The van der Waals surface area contributed by atoms with Crippen LogP contribution >= 0.6 is 27.3 Å². The van der Waals surface area contributed by atoms with E-state index in [0.29, 0.717) is 0 Å². The molecule has 3 aromatic rings. The molecule has 0 unspecified atom stereocenters. The number of hydrogen-bond acceptors (Lipinski definition) is 4. The molecule has 0 aliphatic carbocycles. The molecule has 0 saturated carbocycles. The fourth-order valence-electron chi connectivity index (χ4n) is 1.96. The van der Waals surface area contributed by atoms with Gasteiger partial charge in [0.1, 0.15) is 5.82 Å². The van der Waals surface area contributed by atoms with Crippen LogP contribution in [0.25, 0.3) is 21.6 Å². The minimum absolute atomic E-state index is 0.775. The lowest BCUT2D eigenvalue weighted by Gasteiger charge is -2.07. The number of aryl methyl sites for hydroxylation is 1. The number of halogens is 1. The van der Waals surface area contributed by atoms with Crippen LogP contribution in [0, 0.1) is 6.92 Å². The van der Waals surface area contributed by atoms with E-state index in [-0.39, 0.29) is 0 Å². The summed E-state index contributed by atoms with van der Waals surface area (Å²) in [5, 5.41) is 4.17. The number of benzene rings is 1. The lowest BCUT2D eigenvalue weighted by Crippen LogP contribution is -1.98. The molecule has 3 nitrogen and oxygen atoms in total. The second kappa shape index (κ2) is 4.90. The lowest BCUT2D eigenvalue weighted by atomic mass is 10.2. The highest BCUT2D eigenvalue weighted by molar-refractivity contribution is 9.10. The molecule has 0 aliphatic heterocycles. The van der Waals surface area contributed by atoms with Gasteiger partial charge in [0, 0.05) is 21.8 Å². The van der Waals surface area contributed by atoms with Crippen molar-refractivity contribution in [2.45, 2.75) is 6.92 Å². The number of nitrogens with one attached hydrogen (secondary N) is 1. The maximum absolute atomic E-state index is 4.65. The Kier molecular flexibility index (Phi) is 3.24. The molecule has 0 atom stereocenters. The third kappa shape index (κ3) is 2.35. The Morgan fingerprint density at radius 3 is 2.68 bits per heavy atom. The quantitative estimate of drug-likeness (QED) is 0.751. The second-order valence-electron chi connectivity index (χ2n) is 4.22. The van der Waals surface area contributed by atoms with Crippen LogP contribution in [0.5, 0.6) is 0 Å². The van der Waals surface area contributed by atoms with Crippen molar-refractivity contribution in [3.05, 3.63) is 39.7 Å². The lowest BCUT2D eigenvalue weighted by molar-refractivity contribution is 1.22. The molecule has 0 saturated heterocycles. The fraction of sp³-hybridized carbons (Fsp3) is 0.143. The Bertz CT molecular complexity index is 752. The van der Waals surface area contributed by atoms with Crippen LogP contribution < -0.4 is 5.32 Å². The first-order valence-electron chi connectivity index (χ1n) is 5.89. The van der Waals surface area contributed by atoms with Crippen molar-refractivity contribution in [2.24, 2.45) is 0 Å². The zero-order chi connectivity index (χ0) is 13.4. The first-order valence-corrected chi connectivity index (χ1v) is 7.50. The third-order valence-electron chi connectivity index (χ3n) is 2.86. The summed E-state index contributed by atoms with van der Waals surface area (Å²) in [5.74, 6) is 1.63. The second-order valence-corrected chi connectivity index (χ2v) is 6.42. The molecule has 0 spiro atoms. The Labute approximate surface area is 123 Å². The van der Waals surface area contributed by atoms with Gasteiger partial charge in [-0.1, -0.05) is 15.9 Å². The Morgan fingerprint density at radius 1 is 1.16 bits per heavy atom. The molecule has 3 rings (SSSR count). The van der Waals surface area contributed by atoms with Gasteiger partial charge < -0.3 is 5.32 Å². The van der Waals surface area contributed by atoms with Gasteiger partial charge in [-0.3, -0.25) is 0 Å². The van der Waals surface area contributed by atoms with Gasteiger partial charge in [0.15, 0.2) is 5.82 Å². The number of fused-ring (bicyclic) bond motifs is 1. The molecule has 0 bridgehead atoms. The molecule has 0 aliphatic rings. The fourth-order valence-corrected chi connectivity index (χ4v) is 3.12. The smallest absolute Gasteiger partial charge is 0.172 e. The summed E-state index contributed by atoms with van der Waals surface area (Å²) in [6, 6.07) is 10.2. The molecule has 2 heterocycles. The summed E-state index contributed by atoms with van der Waals surface area (Å²) in [6.07, 6.45) is 0. The normalized spacial score (nSPS) is 10.9. The van der Waals surface area contributed by atoms with Crippen molar-refractivity contribution in [1.82, 2.24) is 9.97 Å². The first kappa shape index (κ1) is 12.6. The molecule has 5 heteroatoms. The van der Waals surface area contributed by atoms with Crippen molar-refractivity contribution in [3.63, 3.8) is 0 Å². The van der Waals surface area contributed by atoms with E-state index in [1.165, 1.54) is 4.88 Å². The van der Waals surface area contributed by atoms with Gasteiger partial charge in [0.05, 0.1) is 10.4 Å². The number of rotatable bonds is 2. The molecule has 2 aromatic heterocycles. The Balaban J connectivity index is 2.25. The summed E-state index contributed by atoms with van der Waals surface area (Å²) >= 11 is 5.19. The molecule has 96 valence electrons. The van der Waals surface area contributed by atoms with Crippen molar-refractivity contribution < 1.29 is 0 Å². The number of aromatic nitrogens is 2. The topological polar surface area (TPSA) is 37.8 Å². The van der Waals surface area contributed by atoms with Crippen LogP contribution in [-0.4, -0.2) is 17.0 Å². The van der Waals surface area contributed by atoms with Crippen LogP contribution in [0.15, 0.2) is 34.8 Å². The predicted molar refractivity (Wildman–Crippen MR) is 84.8 cm³/mol. The zero-order valence-corrected chi connectivity index (χ0v) is 13.0. The van der Waals surface area contributed by atoms with E-state index in [2.05, 4.69) is 50.3 Å². The maximum atomic E-state index is 4.65. The number of thiophene rings is 1. The first-order chi connectivity index (χ1) is 9.17. The molecule has 1 aromatic carbocycles. The van der Waals surface area contributed by atoms with E-state index in [4.69, 9.17) is 0 Å². The average Bonchev–Trinajstić information content (AvgIpc) is 2.84. The van der Waals surface area contributed by atoms with E-state index in [0.717, 1.165) is 31.9 Å². The van der Waals surface area contributed by atoms with Gasteiger partial charge in [0.2, 0.25) is 0 Å². The van der Waals surface area contributed by atoms with E-state index in [9.17, 15) is 0 Å². The standard InChI is InChI=1S/C14H12BrN3S/c1-8-3-6-12(19-8)14-17-11-5-4-9(15)7-10(11)13(16-2)18-14/h3-7H,1-2H3,(H,16,17,18). The third-order valence-corrected chi connectivity index (χ3v) is 4.35. The van der Waals surface area contributed by atoms with Crippen molar-refractivity contribution in [2.75, 3.05) is 12.4 Å².